The summed E-state index contributed by atoms with van der Waals surface area (Å²) in [7, 11) is 3.46. The first-order valence-electron chi connectivity index (χ1n) is 9.73. The summed E-state index contributed by atoms with van der Waals surface area (Å²) in [6.45, 7) is 2.38. The van der Waals surface area contributed by atoms with Gasteiger partial charge in [-0.2, -0.15) is 0 Å². The molecule has 1 aromatic carbocycles. The molecule has 8 heteroatoms. The zero-order valence-corrected chi connectivity index (χ0v) is 17.8. The Morgan fingerprint density at radius 2 is 2.00 bits per heavy atom. The van der Waals surface area contributed by atoms with E-state index in [4.69, 9.17) is 4.74 Å². The maximum atomic E-state index is 12.5. The van der Waals surface area contributed by atoms with E-state index < -0.39 is 5.97 Å². The van der Waals surface area contributed by atoms with Crippen molar-refractivity contribution < 1.29 is 14.3 Å². The number of hydrogen-bond acceptors (Lipinski definition) is 5. The van der Waals surface area contributed by atoms with Gasteiger partial charge in [-0.1, -0.05) is 6.07 Å². The number of hydrogen-bond donors (Lipinski definition) is 2. The van der Waals surface area contributed by atoms with Gasteiger partial charge >= 0.3 is 12.0 Å². The third-order valence-electron chi connectivity index (χ3n) is 5.14. The Bertz CT molecular complexity index is 1060. The number of benzene rings is 1. The topological polar surface area (TPSA) is 75.6 Å². The van der Waals surface area contributed by atoms with Crippen LogP contribution >= 0.6 is 11.3 Å². The average Bonchev–Trinajstić information content (AvgIpc) is 3.39. The molecule has 7 nitrogen and oxygen atoms in total. The first-order chi connectivity index (χ1) is 14.5. The van der Waals surface area contributed by atoms with Crippen LogP contribution in [0.2, 0.25) is 0 Å². The number of nitrogens with one attached hydrogen (secondary N) is 2. The zero-order chi connectivity index (χ0) is 21.1. The van der Waals surface area contributed by atoms with Crippen molar-refractivity contribution in [1.29, 1.82) is 0 Å². The van der Waals surface area contributed by atoms with Crippen molar-refractivity contribution >= 4 is 29.0 Å². The van der Waals surface area contributed by atoms with Gasteiger partial charge in [-0.05, 0) is 49.4 Å². The van der Waals surface area contributed by atoms with Gasteiger partial charge in [0.15, 0.2) is 0 Å². The molecule has 2 aromatic heterocycles. The molecule has 1 aliphatic heterocycles. The molecular formula is C22H24N4O3S. The predicted octanol–water partition coefficient (Wildman–Crippen LogP) is 3.64. The Kier molecular flexibility index (Phi) is 5.87. The normalized spacial score (nSPS) is 13.5. The van der Waals surface area contributed by atoms with E-state index in [1.54, 1.807) is 35.6 Å². The molecule has 0 fully saturated rings. The lowest BCUT2D eigenvalue weighted by Crippen LogP contribution is -2.30. The quantitative estimate of drug-likeness (QED) is 0.614. The van der Waals surface area contributed by atoms with Gasteiger partial charge in [0.2, 0.25) is 0 Å². The van der Waals surface area contributed by atoms with Crippen molar-refractivity contribution in [3.8, 4) is 5.00 Å². The number of thiophene rings is 1. The summed E-state index contributed by atoms with van der Waals surface area (Å²) in [4.78, 5) is 27.9. The molecular weight excluding hydrogens is 400 g/mol. The molecule has 3 aromatic rings. The number of amides is 2. The van der Waals surface area contributed by atoms with E-state index in [9.17, 15) is 9.59 Å². The highest BCUT2D eigenvalue weighted by Crippen LogP contribution is 2.35. The van der Waals surface area contributed by atoms with Gasteiger partial charge in [0.25, 0.3) is 0 Å². The molecule has 2 amide bonds. The van der Waals surface area contributed by atoms with Crippen LogP contribution in [-0.4, -0.2) is 42.2 Å². The van der Waals surface area contributed by atoms with Gasteiger partial charge in [-0.15, -0.1) is 11.3 Å². The van der Waals surface area contributed by atoms with E-state index >= 15 is 0 Å². The van der Waals surface area contributed by atoms with Crippen molar-refractivity contribution in [2.24, 2.45) is 0 Å². The molecule has 4 rings (SSSR count). The van der Waals surface area contributed by atoms with E-state index in [1.165, 1.54) is 17.6 Å². The highest BCUT2D eigenvalue weighted by Gasteiger charge is 2.23. The Morgan fingerprint density at radius 1 is 1.20 bits per heavy atom. The maximum absolute atomic E-state index is 12.5. The number of methoxy groups -OCH3 is 1. The third-order valence-corrected chi connectivity index (χ3v) is 6.41. The van der Waals surface area contributed by atoms with Crippen molar-refractivity contribution in [1.82, 2.24) is 14.8 Å². The maximum Gasteiger partial charge on any atom is 0.337 e. The van der Waals surface area contributed by atoms with E-state index in [0.717, 1.165) is 30.1 Å². The standard InChI is InChI=1S/C22H24N4O3S/c1-25-11-8-17-18(20(30-19(17)14-25)26-9-3-4-10-26)13-23-22(28)24-16-7-5-6-15(12-16)21(27)29-2/h3-7,9-10,12H,8,11,13-14H2,1-2H3,(H2,23,24,28). The van der Waals surface area contributed by atoms with Gasteiger partial charge in [0.1, 0.15) is 5.00 Å². The first kappa shape index (κ1) is 20.2. The SMILES string of the molecule is COC(=O)c1cccc(NC(=O)NCc2c(-n3cccc3)sc3c2CCN(C)C3)c1. The molecule has 3 heterocycles. The number of nitrogens with zero attached hydrogens (tertiary/aromatic N) is 2. The molecule has 0 saturated heterocycles. The fourth-order valence-electron chi connectivity index (χ4n) is 3.63. The van der Waals surface area contributed by atoms with Crippen LogP contribution in [0.3, 0.4) is 0 Å². The number of anilines is 1. The Hall–Kier alpha value is -3.10. The first-order valence-corrected chi connectivity index (χ1v) is 10.6. The van der Waals surface area contributed by atoms with E-state index in [0.29, 0.717) is 17.8 Å². The molecule has 0 aliphatic carbocycles. The van der Waals surface area contributed by atoms with Crippen molar-refractivity contribution in [3.63, 3.8) is 0 Å². The van der Waals surface area contributed by atoms with Gasteiger partial charge in [0.05, 0.1) is 12.7 Å². The number of fused-ring (bicyclic) bond motifs is 1. The number of aromatic nitrogens is 1. The summed E-state index contributed by atoms with van der Waals surface area (Å²) in [5, 5.41) is 6.92. The highest BCUT2D eigenvalue weighted by atomic mass is 32.1. The molecule has 0 unspecified atom stereocenters. The number of carbonyl (C=O) groups excluding carboxylic acids is 2. The molecule has 0 spiro atoms. The monoisotopic (exact) mass is 424 g/mol. The fourth-order valence-corrected chi connectivity index (χ4v) is 5.04. The average molecular weight is 425 g/mol. The summed E-state index contributed by atoms with van der Waals surface area (Å²) in [5.41, 5.74) is 3.43. The third kappa shape index (κ3) is 4.24. The number of ether oxygens (including phenoxy) is 1. The lowest BCUT2D eigenvalue weighted by atomic mass is 10.0. The van der Waals surface area contributed by atoms with Crippen LogP contribution in [-0.2, 0) is 24.2 Å². The Labute approximate surface area is 179 Å². The molecule has 0 atom stereocenters. The number of urea groups is 1. The lowest BCUT2D eigenvalue weighted by molar-refractivity contribution is 0.0600. The van der Waals surface area contributed by atoms with E-state index in [-0.39, 0.29) is 6.03 Å². The second kappa shape index (κ2) is 8.73. The summed E-state index contributed by atoms with van der Waals surface area (Å²) in [5.74, 6) is -0.440. The fraction of sp³-hybridized carbons (Fsp3) is 0.273. The zero-order valence-electron chi connectivity index (χ0n) is 17.0. The molecule has 0 radical (unpaired) electrons. The van der Waals surface area contributed by atoms with Gasteiger partial charge in [-0.3, -0.25) is 0 Å². The van der Waals surface area contributed by atoms with Gasteiger partial charge in [0, 0.05) is 48.2 Å². The Morgan fingerprint density at radius 3 is 2.77 bits per heavy atom. The van der Waals surface area contributed by atoms with Crippen LogP contribution in [0, 0.1) is 0 Å². The summed E-state index contributed by atoms with van der Waals surface area (Å²) in [6, 6.07) is 10.4. The summed E-state index contributed by atoms with van der Waals surface area (Å²) >= 11 is 1.78. The molecule has 2 N–H and O–H groups in total. The number of rotatable bonds is 5. The van der Waals surface area contributed by atoms with Crippen molar-refractivity contribution in [2.75, 3.05) is 26.0 Å². The van der Waals surface area contributed by atoms with Crippen LogP contribution in [0.4, 0.5) is 10.5 Å². The summed E-state index contributed by atoms with van der Waals surface area (Å²) in [6.07, 6.45) is 5.04. The van der Waals surface area contributed by atoms with Crippen molar-refractivity contribution in [3.05, 3.63) is 70.4 Å². The second-order valence-electron chi connectivity index (χ2n) is 7.25. The highest BCUT2D eigenvalue weighted by molar-refractivity contribution is 7.14. The number of carbonyl (C=O) groups is 2. The molecule has 30 heavy (non-hydrogen) atoms. The number of esters is 1. The van der Waals surface area contributed by atoms with Crippen LogP contribution in [0.15, 0.2) is 48.8 Å². The van der Waals surface area contributed by atoms with Crippen LogP contribution in [0.25, 0.3) is 5.00 Å². The molecule has 0 saturated carbocycles. The predicted molar refractivity (Wildman–Crippen MR) is 117 cm³/mol. The minimum Gasteiger partial charge on any atom is -0.465 e. The smallest absolute Gasteiger partial charge is 0.337 e. The van der Waals surface area contributed by atoms with E-state index in [2.05, 4.69) is 27.1 Å². The lowest BCUT2D eigenvalue weighted by Gasteiger charge is -2.22. The molecule has 156 valence electrons. The molecule has 1 aliphatic rings. The van der Waals surface area contributed by atoms with Gasteiger partial charge < -0.3 is 24.8 Å². The number of likely N-dealkylation sites (N-methyl/N-ethyl adjacent to an activating group) is 1. The van der Waals surface area contributed by atoms with Crippen molar-refractivity contribution in [2.45, 2.75) is 19.5 Å². The van der Waals surface area contributed by atoms with Crippen LogP contribution in [0.5, 0.6) is 0 Å². The minimum atomic E-state index is -0.440. The summed E-state index contributed by atoms with van der Waals surface area (Å²) < 4.78 is 6.84. The second-order valence-corrected chi connectivity index (χ2v) is 8.33. The largest absolute Gasteiger partial charge is 0.465 e. The van der Waals surface area contributed by atoms with Crippen LogP contribution < -0.4 is 10.6 Å². The van der Waals surface area contributed by atoms with E-state index in [1.807, 2.05) is 24.5 Å². The molecule has 0 bridgehead atoms. The minimum absolute atomic E-state index is 0.316. The van der Waals surface area contributed by atoms with Gasteiger partial charge in [-0.25, -0.2) is 9.59 Å². The van der Waals surface area contributed by atoms with Crippen LogP contribution in [0.1, 0.15) is 26.4 Å². The Balaban J connectivity index is 1.50.